The highest BCUT2D eigenvalue weighted by molar-refractivity contribution is 9.09. The van der Waals surface area contributed by atoms with E-state index >= 15 is 0 Å². The summed E-state index contributed by atoms with van der Waals surface area (Å²) in [5.41, 5.74) is 2.23. The smallest absolute Gasteiger partial charge is 0.123 e. The predicted molar refractivity (Wildman–Crippen MR) is 70.5 cm³/mol. The van der Waals surface area contributed by atoms with Gasteiger partial charge in [-0.1, -0.05) is 28.9 Å². The molecule has 0 N–H and O–H groups in total. The van der Waals surface area contributed by atoms with Gasteiger partial charge in [0.2, 0.25) is 0 Å². The Kier molecular flexibility index (Phi) is 5.42. The van der Waals surface area contributed by atoms with Crippen LogP contribution in [-0.2, 0) is 6.54 Å². The number of hydrogen-bond acceptors (Lipinski definition) is 1. The van der Waals surface area contributed by atoms with Crippen molar-refractivity contribution in [3.63, 3.8) is 0 Å². The first-order chi connectivity index (χ1) is 7.49. The van der Waals surface area contributed by atoms with Gasteiger partial charge in [-0.25, -0.2) is 4.39 Å². The molecule has 1 rings (SSSR count). The Bertz CT molecular complexity index is 339. The van der Waals surface area contributed by atoms with Crippen molar-refractivity contribution in [3.05, 3.63) is 35.1 Å². The Morgan fingerprint density at radius 3 is 2.69 bits per heavy atom. The zero-order valence-corrected chi connectivity index (χ0v) is 11.7. The third kappa shape index (κ3) is 4.62. The maximum Gasteiger partial charge on any atom is 0.123 e. The van der Waals surface area contributed by atoms with Crippen LogP contribution in [0.2, 0.25) is 0 Å². The summed E-state index contributed by atoms with van der Waals surface area (Å²) in [5, 5.41) is 0. The van der Waals surface area contributed by atoms with Crippen molar-refractivity contribution in [1.82, 2.24) is 4.90 Å². The van der Waals surface area contributed by atoms with Crippen LogP contribution >= 0.6 is 15.9 Å². The van der Waals surface area contributed by atoms with Crippen LogP contribution in [0.15, 0.2) is 18.2 Å². The van der Waals surface area contributed by atoms with E-state index in [1.807, 2.05) is 13.0 Å². The Balaban J connectivity index is 2.52. The summed E-state index contributed by atoms with van der Waals surface area (Å²) in [7, 11) is 2.10. The summed E-state index contributed by atoms with van der Waals surface area (Å²) < 4.78 is 12.9. The van der Waals surface area contributed by atoms with E-state index in [1.54, 1.807) is 6.07 Å². The van der Waals surface area contributed by atoms with Gasteiger partial charge in [-0.3, -0.25) is 0 Å². The lowest BCUT2D eigenvalue weighted by atomic mass is 10.1. The Labute approximate surface area is 106 Å². The molecular weight excluding hydrogens is 269 g/mol. The highest BCUT2D eigenvalue weighted by Gasteiger charge is 2.05. The molecule has 0 aliphatic carbocycles. The number of rotatable bonds is 5. The first kappa shape index (κ1) is 13.7. The van der Waals surface area contributed by atoms with E-state index in [9.17, 15) is 4.39 Å². The van der Waals surface area contributed by atoms with Gasteiger partial charge < -0.3 is 4.90 Å². The van der Waals surface area contributed by atoms with E-state index in [1.165, 1.54) is 11.6 Å². The van der Waals surface area contributed by atoms with Crippen LogP contribution in [0, 0.1) is 12.7 Å². The second kappa shape index (κ2) is 6.36. The summed E-state index contributed by atoms with van der Waals surface area (Å²) in [6.45, 7) is 6.03. The van der Waals surface area contributed by atoms with E-state index in [0.29, 0.717) is 4.83 Å². The van der Waals surface area contributed by atoms with E-state index in [-0.39, 0.29) is 5.82 Å². The van der Waals surface area contributed by atoms with Crippen LogP contribution in [0.5, 0.6) is 0 Å². The second-order valence-electron chi connectivity index (χ2n) is 4.38. The van der Waals surface area contributed by atoms with E-state index in [2.05, 4.69) is 34.8 Å². The van der Waals surface area contributed by atoms with Gasteiger partial charge in [0, 0.05) is 11.4 Å². The van der Waals surface area contributed by atoms with Gasteiger partial charge >= 0.3 is 0 Å². The topological polar surface area (TPSA) is 3.24 Å². The van der Waals surface area contributed by atoms with E-state index < -0.39 is 0 Å². The number of hydrogen-bond donors (Lipinski definition) is 0. The van der Waals surface area contributed by atoms with Crippen molar-refractivity contribution in [2.45, 2.75) is 31.6 Å². The maximum atomic E-state index is 12.9. The molecule has 0 aliphatic rings. The lowest BCUT2D eigenvalue weighted by Gasteiger charge is -2.18. The van der Waals surface area contributed by atoms with Gasteiger partial charge in [0.1, 0.15) is 5.82 Å². The number of alkyl halides is 1. The van der Waals surface area contributed by atoms with E-state index in [0.717, 1.165) is 25.1 Å². The molecule has 16 heavy (non-hydrogen) atoms. The molecule has 1 aromatic carbocycles. The first-order valence-corrected chi connectivity index (χ1v) is 6.48. The molecule has 3 heteroatoms. The molecule has 1 unspecified atom stereocenters. The molecule has 1 nitrogen and oxygen atoms in total. The quantitative estimate of drug-likeness (QED) is 0.746. The van der Waals surface area contributed by atoms with Crippen molar-refractivity contribution in [1.29, 1.82) is 0 Å². The van der Waals surface area contributed by atoms with Crippen molar-refractivity contribution >= 4 is 15.9 Å². The largest absolute Gasteiger partial charge is 0.302 e. The fourth-order valence-electron chi connectivity index (χ4n) is 1.60. The molecule has 0 spiro atoms. The minimum atomic E-state index is -0.155. The van der Waals surface area contributed by atoms with Gasteiger partial charge in [-0.05, 0) is 50.2 Å². The molecule has 0 saturated heterocycles. The van der Waals surface area contributed by atoms with Gasteiger partial charge in [-0.2, -0.15) is 0 Å². The molecule has 0 aliphatic heterocycles. The SMILES string of the molecule is Cc1cc(F)ccc1CN(C)CCC(C)Br. The Hall–Kier alpha value is -0.410. The highest BCUT2D eigenvalue weighted by Crippen LogP contribution is 2.13. The molecule has 1 atom stereocenters. The highest BCUT2D eigenvalue weighted by atomic mass is 79.9. The maximum absolute atomic E-state index is 12.9. The molecule has 0 radical (unpaired) electrons. The molecule has 1 aromatic rings. The molecular formula is C13H19BrFN. The lowest BCUT2D eigenvalue weighted by molar-refractivity contribution is 0.322. The number of halogens is 2. The second-order valence-corrected chi connectivity index (χ2v) is 5.94. The fraction of sp³-hybridized carbons (Fsp3) is 0.538. The van der Waals surface area contributed by atoms with Crippen LogP contribution in [0.4, 0.5) is 4.39 Å². The van der Waals surface area contributed by atoms with Crippen LogP contribution < -0.4 is 0 Å². The minimum absolute atomic E-state index is 0.155. The average molecular weight is 288 g/mol. The summed E-state index contributed by atoms with van der Waals surface area (Å²) in [6, 6.07) is 5.00. The van der Waals surface area contributed by atoms with Crippen LogP contribution in [-0.4, -0.2) is 23.3 Å². The summed E-state index contributed by atoms with van der Waals surface area (Å²) in [4.78, 5) is 2.81. The average Bonchev–Trinajstić information content (AvgIpc) is 2.19. The lowest BCUT2D eigenvalue weighted by Crippen LogP contribution is -2.21. The van der Waals surface area contributed by atoms with Crippen LogP contribution in [0.1, 0.15) is 24.5 Å². The third-order valence-electron chi connectivity index (χ3n) is 2.65. The monoisotopic (exact) mass is 287 g/mol. The Morgan fingerprint density at radius 2 is 2.12 bits per heavy atom. The van der Waals surface area contributed by atoms with Crippen LogP contribution in [0.3, 0.4) is 0 Å². The summed E-state index contributed by atoms with van der Waals surface area (Å²) in [5.74, 6) is -0.155. The van der Waals surface area contributed by atoms with E-state index in [4.69, 9.17) is 0 Å². The predicted octanol–water partition coefficient (Wildman–Crippen LogP) is 3.74. The van der Waals surface area contributed by atoms with Crippen molar-refractivity contribution in [3.8, 4) is 0 Å². The zero-order chi connectivity index (χ0) is 12.1. The van der Waals surface area contributed by atoms with Gasteiger partial charge in [0.05, 0.1) is 0 Å². The Morgan fingerprint density at radius 1 is 1.44 bits per heavy atom. The fourth-order valence-corrected chi connectivity index (χ4v) is 1.81. The first-order valence-electron chi connectivity index (χ1n) is 5.56. The number of benzene rings is 1. The zero-order valence-electron chi connectivity index (χ0n) is 10.1. The van der Waals surface area contributed by atoms with Gasteiger partial charge in [0.15, 0.2) is 0 Å². The summed E-state index contributed by atoms with van der Waals surface area (Å²) in [6.07, 6.45) is 1.12. The normalized spacial score (nSPS) is 13.1. The molecule has 0 fully saturated rings. The molecule has 0 aromatic heterocycles. The number of aryl methyl sites for hydroxylation is 1. The van der Waals surface area contributed by atoms with Crippen molar-refractivity contribution < 1.29 is 4.39 Å². The molecule has 0 bridgehead atoms. The molecule has 0 saturated carbocycles. The molecule has 90 valence electrons. The third-order valence-corrected chi connectivity index (χ3v) is 3.11. The van der Waals surface area contributed by atoms with Gasteiger partial charge in [0.25, 0.3) is 0 Å². The molecule has 0 amide bonds. The minimum Gasteiger partial charge on any atom is -0.302 e. The summed E-state index contributed by atoms with van der Waals surface area (Å²) >= 11 is 3.54. The van der Waals surface area contributed by atoms with Crippen molar-refractivity contribution in [2.24, 2.45) is 0 Å². The standard InChI is InChI=1S/C13H19BrFN/c1-10-8-13(15)5-4-12(10)9-16(3)7-6-11(2)14/h4-5,8,11H,6-7,9H2,1-3H3. The number of nitrogens with zero attached hydrogens (tertiary/aromatic N) is 1. The molecule has 0 heterocycles. The van der Waals surface area contributed by atoms with Gasteiger partial charge in [-0.15, -0.1) is 0 Å². The van der Waals surface area contributed by atoms with Crippen LogP contribution in [0.25, 0.3) is 0 Å². The van der Waals surface area contributed by atoms with Crippen molar-refractivity contribution in [2.75, 3.05) is 13.6 Å².